The lowest BCUT2D eigenvalue weighted by Gasteiger charge is -2.38. The van der Waals surface area contributed by atoms with E-state index in [4.69, 9.17) is 55.6 Å². The minimum Gasteiger partial charge on any atom is -0.492 e. The normalized spacial score (nSPS) is 12.3. The van der Waals surface area contributed by atoms with Crippen LogP contribution in [0.2, 0.25) is 10.3 Å². The maximum Gasteiger partial charge on any atom is 0.314 e. The third kappa shape index (κ3) is 21.2. The minimum absolute atomic E-state index is 0.0212. The number of carbonyl (C=O) groups excluding carboxylic acids is 4. The van der Waals surface area contributed by atoms with E-state index in [1.165, 1.54) is 11.1 Å². The Morgan fingerprint density at radius 1 is 0.513 bits per heavy atom. The van der Waals surface area contributed by atoms with Crippen molar-refractivity contribution in [1.82, 2.24) is 51.8 Å². The Bertz CT molecular complexity index is 2300. The quantitative estimate of drug-likeness (QED) is 0.0223. The van der Waals surface area contributed by atoms with Crippen molar-refractivity contribution in [2.75, 3.05) is 117 Å². The fraction of sp³-hybridized carbons (Fsp3) is 0.538. The summed E-state index contributed by atoms with van der Waals surface area (Å²) >= 11 is 11.9. The Morgan fingerprint density at radius 2 is 0.868 bits per heavy atom. The smallest absolute Gasteiger partial charge is 0.314 e. The van der Waals surface area contributed by atoms with Gasteiger partial charge in [0, 0.05) is 38.8 Å². The topological polar surface area (TPSA) is 315 Å². The minimum atomic E-state index is -0.438. The molecule has 2 aromatic carbocycles. The van der Waals surface area contributed by atoms with Gasteiger partial charge in [0.15, 0.2) is 45.0 Å². The highest BCUT2D eigenvalue weighted by Gasteiger charge is 2.30. The van der Waals surface area contributed by atoms with Crippen LogP contribution < -0.4 is 64.3 Å². The molecule has 2 aromatic heterocycles. The molecule has 2 unspecified atom stereocenters. The number of urea groups is 2. The number of hydrogen-bond donors (Lipinski definition) is 10. The number of ether oxygens (including phenoxy) is 2. The first-order chi connectivity index (χ1) is 36.2. The Kier molecular flexibility index (Phi) is 25.6. The van der Waals surface area contributed by atoms with Crippen molar-refractivity contribution in [1.29, 1.82) is 0 Å². The van der Waals surface area contributed by atoms with Crippen LogP contribution in [-0.4, -0.2) is 159 Å². The van der Waals surface area contributed by atoms with Crippen LogP contribution in [0, 0.1) is 0 Å². The van der Waals surface area contributed by atoms with E-state index >= 15 is 0 Å². The molecule has 0 fully saturated rings. The highest BCUT2D eigenvalue weighted by atomic mass is 35.5. The van der Waals surface area contributed by atoms with Crippen LogP contribution >= 0.6 is 23.2 Å². The number of nitrogens with two attached hydrogens (primary N) is 4. The molecule has 4 rings (SSSR count). The average Bonchev–Trinajstić information content (AvgIpc) is 3.38. The number of anilines is 4. The average molecular weight is 1100 g/mol. The van der Waals surface area contributed by atoms with Gasteiger partial charge in [-0.05, 0) is 61.1 Å². The van der Waals surface area contributed by atoms with Gasteiger partial charge in [-0.15, -0.1) is 0 Å². The van der Waals surface area contributed by atoms with Gasteiger partial charge in [-0.25, -0.2) is 29.5 Å². The molecule has 22 nitrogen and oxygen atoms in total. The monoisotopic (exact) mass is 1100 g/mol. The van der Waals surface area contributed by atoms with Gasteiger partial charge in [-0.3, -0.25) is 9.59 Å². The van der Waals surface area contributed by atoms with Gasteiger partial charge < -0.3 is 73.3 Å². The second-order valence-electron chi connectivity index (χ2n) is 19.8. The predicted octanol–water partition coefficient (Wildman–Crippen LogP) is 4.95. The van der Waals surface area contributed by atoms with Crippen molar-refractivity contribution in [2.45, 2.75) is 90.1 Å². The number of quaternary nitrogens is 2. The molecule has 76 heavy (non-hydrogen) atoms. The molecule has 0 bridgehead atoms. The second-order valence-corrected chi connectivity index (χ2v) is 20.6. The van der Waals surface area contributed by atoms with E-state index < -0.39 is 11.8 Å². The SMILES string of the molecule is CCCC(CNC(=O)c1nc(Cl)c(N)nc1N)[N+](C)(C)CCCc1ccc(OCCNC(=O)NCCCCNC(=O)NCCOc2ccc(CCC[N+](C)(C)C(CCC)CNC(=O)c3nc(Cl)c(N)nc3N)cc2)cc1. The summed E-state index contributed by atoms with van der Waals surface area (Å²) in [6.07, 6.45) is 8.85. The molecule has 0 aliphatic carbocycles. The van der Waals surface area contributed by atoms with Crippen molar-refractivity contribution in [3.8, 4) is 11.5 Å². The van der Waals surface area contributed by atoms with Gasteiger partial charge in [-0.1, -0.05) is 74.2 Å². The molecule has 418 valence electrons. The number of rotatable bonds is 33. The van der Waals surface area contributed by atoms with Crippen molar-refractivity contribution >= 4 is 70.3 Å². The fourth-order valence-corrected chi connectivity index (χ4v) is 8.82. The Balaban J connectivity index is 0.993. The standard InChI is InChI=1S/C52H80Cl2N16O6/c1-7-13-37(33-63-49(71)41-45(55)67-47(57)43(53)65-41)69(3,4)29-11-15-35-17-21-39(22-18-35)75-31-27-61-51(73)59-25-9-10-26-60-52(74)62-28-32-76-40-23-19-36(20-24-40)16-12-30-70(5,6)38(14-8-2)34-64-50(72)42-46(56)68-48(58)44(54)66-42/h17-24,37-38H,7-16,25-34H2,1-6H3,(H12-2,55,56,57,58,59,60,61,62,63,64,67,68,71,72,73,74)/p+2. The summed E-state index contributed by atoms with van der Waals surface area (Å²) in [4.78, 5) is 66.1. The Labute approximate surface area is 457 Å². The van der Waals surface area contributed by atoms with Crippen LogP contribution in [0.15, 0.2) is 48.5 Å². The maximum atomic E-state index is 12.9. The third-order valence-corrected chi connectivity index (χ3v) is 13.7. The first-order valence-corrected chi connectivity index (χ1v) is 26.8. The van der Waals surface area contributed by atoms with Crippen molar-refractivity contribution in [3.63, 3.8) is 0 Å². The zero-order valence-corrected chi connectivity index (χ0v) is 46.6. The Hall–Kier alpha value is -6.62. The van der Waals surface area contributed by atoms with Gasteiger partial charge in [0.05, 0.1) is 67.5 Å². The highest BCUT2D eigenvalue weighted by molar-refractivity contribution is 6.32. The second kappa shape index (κ2) is 31.4. The molecule has 0 saturated heterocycles. The molecule has 6 amide bonds. The number of nitrogens with zero attached hydrogens (tertiary/aromatic N) is 6. The molecule has 4 aromatic rings. The number of hydrogen-bond acceptors (Lipinski definition) is 14. The van der Waals surface area contributed by atoms with E-state index in [0.29, 0.717) is 65.3 Å². The van der Waals surface area contributed by atoms with Crippen LogP contribution in [0.25, 0.3) is 0 Å². The van der Waals surface area contributed by atoms with Crippen LogP contribution in [0.3, 0.4) is 0 Å². The molecule has 0 radical (unpaired) electrons. The van der Waals surface area contributed by atoms with Gasteiger partial charge in [-0.2, -0.15) is 0 Å². The number of carbonyl (C=O) groups is 4. The molecular formula is C52H82Cl2N16O6+2. The van der Waals surface area contributed by atoms with Crippen molar-refractivity contribution in [2.24, 2.45) is 0 Å². The van der Waals surface area contributed by atoms with E-state index in [0.717, 1.165) is 84.9 Å². The van der Waals surface area contributed by atoms with Crippen LogP contribution in [0.5, 0.6) is 11.5 Å². The van der Waals surface area contributed by atoms with Crippen LogP contribution in [0.1, 0.15) is 97.3 Å². The lowest BCUT2D eigenvalue weighted by molar-refractivity contribution is -0.914. The number of benzene rings is 2. The van der Waals surface area contributed by atoms with E-state index in [1.54, 1.807) is 0 Å². The molecule has 24 heteroatoms. The predicted molar refractivity (Wildman–Crippen MR) is 300 cm³/mol. The molecule has 0 aliphatic rings. The van der Waals surface area contributed by atoms with Crippen LogP contribution in [-0.2, 0) is 12.8 Å². The van der Waals surface area contributed by atoms with Gasteiger partial charge in [0.1, 0.15) is 36.8 Å². The van der Waals surface area contributed by atoms with E-state index in [2.05, 4.69) is 118 Å². The lowest BCUT2D eigenvalue weighted by atomic mass is 10.1. The number of nitrogens with one attached hydrogen (secondary N) is 6. The van der Waals surface area contributed by atoms with E-state index in [1.807, 2.05) is 24.3 Å². The number of aryl methyl sites for hydroxylation is 2. The van der Waals surface area contributed by atoms with Gasteiger partial charge in [0.2, 0.25) is 0 Å². The lowest BCUT2D eigenvalue weighted by Crippen LogP contribution is -2.54. The molecular weight excluding hydrogens is 1020 g/mol. The number of aromatic nitrogens is 4. The molecule has 0 aliphatic heterocycles. The van der Waals surface area contributed by atoms with Crippen LogP contribution in [0.4, 0.5) is 32.9 Å². The highest BCUT2D eigenvalue weighted by Crippen LogP contribution is 2.22. The summed E-state index contributed by atoms with van der Waals surface area (Å²) in [6, 6.07) is 15.7. The number of likely N-dealkylation sites (N-methyl/N-ethyl adjacent to an activating group) is 2. The number of halogens is 2. The number of amides is 6. The van der Waals surface area contributed by atoms with E-state index in [-0.39, 0.29) is 69.1 Å². The summed E-state index contributed by atoms with van der Waals surface area (Å²) in [5.74, 6) is 0.398. The fourth-order valence-electron chi connectivity index (χ4n) is 8.57. The number of unbranched alkanes of at least 4 members (excludes halogenated alkanes) is 1. The maximum absolute atomic E-state index is 12.9. The Morgan fingerprint density at radius 3 is 1.22 bits per heavy atom. The first kappa shape index (κ1) is 61.9. The summed E-state index contributed by atoms with van der Waals surface area (Å²) in [5, 5.41) is 17.1. The number of nitrogen functional groups attached to an aromatic ring is 4. The summed E-state index contributed by atoms with van der Waals surface area (Å²) in [5.41, 5.74) is 25.4. The van der Waals surface area contributed by atoms with Gasteiger partial charge in [0.25, 0.3) is 11.8 Å². The molecule has 2 heterocycles. The molecule has 0 saturated carbocycles. The zero-order valence-electron chi connectivity index (χ0n) is 45.1. The van der Waals surface area contributed by atoms with Crippen molar-refractivity contribution < 1.29 is 37.6 Å². The molecule has 0 spiro atoms. The zero-order chi connectivity index (χ0) is 55.7. The van der Waals surface area contributed by atoms with E-state index in [9.17, 15) is 19.2 Å². The summed E-state index contributed by atoms with van der Waals surface area (Å²) in [6.45, 7) is 9.21. The molecule has 2 atom stereocenters. The first-order valence-electron chi connectivity index (χ1n) is 26.1. The largest absolute Gasteiger partial charge is 0.492 e. The van der Waals surface area contributed by atoms with Crippen molar-refractivity contribution in [3.05, 3.63) is 81.4 Å². The van der Waals surface area contributed by atoms with Gasteiger partial charge >= 0.3 is 12.1 Å². The summed E-state index contributed by atoms with van der Waals surface area (Å²) in [7, 11) is 8.70. The molecule has 14 N–H and O–H groups in total. The third-order valence-electron chi connectivity index (χ3n) is 13.2. The summed E-state index contributed by atoms with van der Waals surface area (Å²) < 4.78 is 13.1.